The minimum atomic E-state index is -0.894. The van der Waals surface area contributed by atoms with Crippen molar-refractivity contribution in [3.05, 3.63) is 136 Å². The zero-order chi connectivity index (χ0) is 35.2. The lowest BCUT2D eigenvalue weighted by atomic mass is 9.78. The summed E-state index contributed by atoms with van der Waals surface area (Å²) < 4.78 is 14.0. The molecule has 0 aromatic heterocycles. The minimum Gasteiger partial charge on any atom is -0.356 e. The molecule has 4 rings (SSSR count). The number of aliphatic imine (C=N–C) groups is 1. The highest BCUT2D eigenvalue weighted by Gasteiger charge is 2.33. The molecule has 1 aliphatic heterocycles. The molecule has 2 aromatic carbocycles. The lowest BCUT2D eigenvalue weighted by molar-refractivity contribution is -0.118. The van der Waals surface area contributed by atoms with Gasteiger partial charge in [0.15, 0.2) is 0 Å². The van der Waals surface area contributed by atoms with Gasteiger partial charge in [0.1, 0.15) is 12.0 Å². The van der Waals surface area contributed by atoms with E-state index in [-0.39, 0.29) is 11.8 Å². The zero-order valence-corrected chi connectivity index (χ0v) is 30.0. The number of benzene rings is 2. The quantitative estimate of drug-likeness (QED) is 0.109. The molecular formula is C45H53FN2O. The van der Waals surface area contributed by atoms with E-state index in [1.807, 2.05) is 30.3 Å². The van der Waals surface area contributed by atoms with E-state index in [1.165, 1.54) is 0 Å². The molecule has 0 N–H and O–H groups in total. The van der Waals surface area contributed by atoms with E-state index >= 15 is 0 Å². The molecule has 0 spiro atoms. The fourth-order valence-electron chi connectivity index (χ4n) is 6.97. The number of unbranched alkanes of at least 4 members (excludes halogenated alkanes) is 1. The molecule has 2 atom stereocenters. The number of amides is 1. The molecule has 0 bridgehead atoms. The lowest BCUT2D eigenvalue weighted by Gasteiger charge is -2.32. The molecule has 1 aliphatic carbocycles. The third-order valence-electron chi connectivity index (χ3n) is 9.53. The van der Waals surface area contributed by atoms with Crippen LogP contribution in [-0.4, -0.2) is 35.9 Å². The van der Waals surface area contributed by atoms with Gasteiger partial charge in [-0.25, -0.2) is 4.39 Å². The molecule has 256 valence electrons. The predicted molar refractivity (Wildman–Crippen MR) is 206 cm³/mol. The first-order valence-electron chi connectivity index (χ1n) is 18.0. The Balaban J connectivity index is 1.96. The van der Waals surface area contributed by atoms with Gasteiger partial charge in [0.25, 0.3) is 0 Å². The van der Waals surface area contributed by atoms with Crippen LogP contribution in [0.3, 0.4) is 0 Å². The highest BCUT2D eigenvalue weighted by Crippen LogP contribution is 2.43. The Morgan fingerprint density at radius 1 is 1.08 bits per heavy atom. The van der Waals surface area contributed by atoms with Crippen LogP contribution >= 0.6 is 0 Å². The third kappa shape index (κ3) is 9.79. The second-order valence-electron chi connectivity index (χ2n) is 13.0. The van der Waals surface area contributed by atoms with Gasteiger partial charge in [-0.1, -0.05) is 105 Å². The van der Waals surface area contributed by atoms with Crippen molar-refractivity contribution in [1.29, 1.82) is 0 Å². The van der Waals surface area contributed by atoms with Crippen LogP contribution in [0, 0.1) is 12.3 Å². The molecule has 0 fully saturated rings. The van der Waals surface area contributed by atoms with Crippen LogP contribution in [0.5, 0.6) is 0 Å². The summed E-state index contributed by atoms with van der Waals surface area (Å²) in [5, 5.41) is 0. The van der Waals surface area contributed by atoms with Crippen LogP contribution in [0.2, 0.25) is 0 Å². The zero-order valence-electron chi connectivity index (χ0n) is 30.0. The van der Waals surface area contributed by atoms with Gasteiger partial charge in [-0.05, 0) is 91.9 Å². The number of amidine groups is 1. The van der Waals surface area contributed by atoms with E-state index in [4.69, 9.17) is 11.4 Å². The molecule has 2 unspecified atom stereocenters. The van der Waals surface area contributed by atoms with Crippen molar-refractivity contribution in [3.8, 4) is 12.3 Å². The number of terminal acetylenes is 1. The Morgan fingerprint density at radius 3 is 2.43 bits per heavy atom. The van der Waals surface area contributed by atoms with Crippen molar-refractivity contribution in [2.24, 2.45) is 4.99 Å². The van der Waals surface area contributed by atoms with Gasteiger partial charge in [0, 0.05) is 49.4 Å². The second kappa shape index (κ2) is 18.9. The maximum atomic E-state index is 14.0. The van der Waals surface area contributed by atoms with E-state index in [9.17, 15) is 9.18 Å². The normalized spacial score (nSPS) is 18.7. The van der Waals surface area contributed by atoms with Crippen LogP contribution < -0.4 is 0 Å². The highest BCUT2D eigenvalue weighted by molar-refractivity contribution is 6.18. The number of hydrogen-bond donors (Lipinski definition) is 0. The first-order valence-corrected chi connectivity index (χ1v) is 18.0. The van der Waals surface area contributed by atoms with Crippen molar-refractivity contribution in [3.63, 3.8) is 0 Å². The van der Waals surface area contributed by atoms with Crippen LogP contribution in [0.15, 0.2) is 130 Å². The van der Waals surface area contributed by atoms with E-state index in [0.717, 1.165) is 108 Å². The highest BCUT2D eigenvalue weighted by atomic mass is 19.1. The first-order chi connectivity index (χ1) is 23.8. The molecular weight excluding hydrogens is 604 g/mol. The van der Waals surface area contributed by atoms with Gasteiger partial charge in [-0.15, -0.1) is 12.3 Å². The van der Waals surface area contributed by atoms with Crippen LogP contribution in [-0.2, 0) is 4.79 Å². The molecule has 0 radical (unpaired) electrons. The number of rotatable bonds is 15. The van der Waals surface area contributed by atoms with Crippen LogP contribution in [0.25, 0.3) is 5.57 Å². The molecule has 0 saturated heterocycles. The monoisotopic (exact) mass is 656 g/mol. The third-order valence-corrected chi connectivity index (χ3v) is 9.53. The van der Waals surface area contributed by atoms with E-state index in [0.29, 0.717) is 19.3 Å². The average Bonchev–Trinajstić information content (AvgIpc) is 3.25. The summed E-state index contributed by atoms with van der Waals surface area (Å²) in [5.41, 5.74) is 9.66. The Labute approximate surface area is 294 Å². The van der Waals surface area contributed by atoms with Gasteiger partial charge < -0.3 is 4.90 Å². The van der Waals surface area contributed by atoms with E-state index < -0.39 is 6.17 Å². The molecule has 1 amide bonds. The maximum Gasteiger partial charge on any atom is 0.248 e. The lowest BCUT2D eigenvalue weighted by Crippen LogP contribution is -2.35. The number of hydrogen-bond acceptors (Lipinski definition) is 2. The molecule has 49 heavy (non-hydrogen) atoms. The Kier molecular flexibility index (Phi) is 14.4. The van der Waals surface area contributed by atoms with Gasteiger partial charge in [-0.2, -0.15) is 4.99 Å². The van der Waals surface area contributed by atoms with E-state index in [1.54, 1.807) is 6.08 Å². The Bertz CT molecular complexity index is 1680. The van der Waals surface area contributed by atoms with Gasteiger partial charge in [0.2, 0.25) is 5.91 Å². The smallest absolute Gasteiger partial charge is 0.248 e. The van der Waals surface area contributed by atoms with Gasteiger partial charge in [0.05, 0.1) is 0 Å². The summed E-state index contributed by atoms with van der Waals surface area (Å²) in [4.78, 5) is 21.3. The van der Waals surface area contributed by atoms with Crippen LogP contribution in [0.4, 0.5) is 4.39 Å². The standard InChI is InChI=1S/C45H53FN2O/c1-7-11-23-36(10-4)42(33(5)9-3)44(38-26-16-13-17-27-38)43-34(6)40(37-24-14-12-15-25-37)32-41(49)47-45(43)48(29-8-2)30-19-18-21-35-22-20-28-39(46)31-35/h1,10,12-17,20,22,24-27,31,39-40H,5,8-9,11,18-19,21,23,28-30,32H2,2-4,6H3. The number of carbonyl (C=O) groups excluding carboxylic acids is 1. The van der Waals surface area contributed by atoms with Crippen molar-refractivity contribution in [1.82, 2.24) is 4.90 Å². The fraction of sp³-hybridized carbons (Fsp3) is 0.378. The molecule has 1 heterocycles. The number of alkyl halides is 1. The summed E-state index contributed by atoms with van der Waals surface area (Å²) in [6.45, 7) is 14.7. The van der Waals surface area contributed by atoms with Gasteiger partial charge in [-0.3, -0.25) is 4.79 Å². The number of allylic oxidation sites excluding steroid dienone is 9. The Morgan fingerprint density at radius 2 is 1.80 bits per heavy atom. The molecule has 2 aromatic rings. The summed E-state index contributed by atoms with van der Waals surface area (Å²) in [7, 11) is 0. The SMILES string of the molecule is C#CCCC(=CC)C(C(=C)CC)=C(C1=C(C)C(c2ccccc2)CC(=O)N=C1N(CCC)CCCCC1=CC(F)CC=C1)c1ccccc1. The summed E-state index contributed by atoms with van der Waals surface area (Å²) in [5.74, 6) is 3.32. The van der Waals surface area contributed by atoms with Crippen molar-refractivity contribution in [2.45, 2.75) is 97.6 Å². The molecule has 3 nitrogen and oxygen atoms in total. The largest absolute Gasteiger partial charge is 0.356 e. The number of nitrogens with zero attached hydrogens (tertiary/aromatic N) is 2. The fourth-order valence-corrected chi connectivity index (χ4v) is 6.97. The van der Waals surface area contributed by atoms with Crippen molar-refractivity contribution < 1.29 is 9.18 Å². The van der Waals surface area contributed by atoms with Crippen molar-refractivity contribution >= 4 is 17.3 Å². The van der Waals surface area contributed by atoms with Crippen LogP contribution in [0.1, 0.15) is 103 Å². The summed E-state index contributed by atoms with van der Waals surface area (Å²) in [6.07, 6.45) is 19.2. The molecule has 2 aliphatic rings. The minimum absolute atomic E-state index is 0.118. The molecule has 4 heteroatoms. The maximum absolute atomic E-state index is 14.0. The Hall–Kier alpha value is -4.49. The summed E-state index contributed by atoms with van der Waals surface area (Å²) in [6, 6.07) is 20.8. The number of halogens is 1. The number of carbonyl (C=O) groups is 1. The predicted octanol–water partition coefficient (Wildman–Crippen LogP) is 11.3. The van der Waals surface area contributed by atoms with Crippen molar-refractivity contribution in [2.75, 3.05) is 13.1 Å². The van der Waals surface area contributed by atoms with Gasteiger partial charge >= 0.3 is 0 Å². The second-order valence-corrected chi connectivity index (χ2v) is 13.0. The summed E-state index contributed by atoms with van der Waals surface area (Å²) >= 11 is 0. The first kappa shape index (κ1) is 37.3. The average molecular weight is 657 g/mol. The topological polar surface area (TPSA) is 32.7 Å². The van der Waals surface area contributed by atoms with E-state index in [2.05, 4.69) is 93.6 Å². The molecule has 0 saturated carbocycles.